The number of benzene rings is 2. The van der Waals surface area contributed by atoms with Gasteiger partial charge in [-0.15, -0.1) is 11.3 Å². The van der Waals surface area contributed by atoms with Crippen molar-refractivity contribution in [1.29, 1.82) is 0 Å². The lowest BCUT2D eigenvalue weighted by Gasteiger charge is -2.37. The smallest absolute Gasteiger partial charge is 0.255 e. The van der Waals surface area contributed by atoms with Gasteiger partial charge in [0.15, 0.2) is 11.5 Å². The molecule has 0 aliphatic carbocycles. The Morgan fingerprint density at radius 1 is 1.08 bits per heavy atom. The van der Waals surface area contributed by atoms with Crippen LogP contribution in [0.5, 0.6) is 11.5 Å². The maximum atomic E-state index is 13.7. The van der Waals surface area contributed by atoms with Crippen LogP contribution in [0.15, 0.2) is 60.0 Å². The van der Waals surface area contributed by atoms with Crippen molar-refractivity contribution in [3.05, 3.63) is 81.0 Å². The van der Waals surface area contributed by atoms with Crippen LogP contribution in [0.3, 0.4) is 0 Å². The van der Waals surface area contributed by atoms with Crippen LogP contribution >= 0.6 is 22.9 Å². The number of para-hydroxylation sites is 2. The van der Waals surface area contributed by atoms with Crippen molar-refractivity contribution >= 4 is 34.8 Å². The lowest BCUT2D eigenvalue weighted by molar-refractivity contribution is -0.135. The van der Waals surface area contributed by atoms with Gasteiger partial charge >= 0.3 is 0 Å². The normalized spacial score (nSPS) is 14.8. The van der Waals surface area contributed by atoms with Crippen LogP contribution in [0.25, 0.3) is 0 Å². The number of thiophene rings is 1. The van der Waals surface area contributed by atoms with Gasteiger partial charge in [-0.25, -0.2) is 0 Å². The van der Waals surface area contributed by atoms with Crippen molar-refractivity contribution in [2.45, 2.75) is 12.5 Å². The van der Waals surface area contributed by atoms with E-state index in [1.165, 1.54) is 9.78 Å². The van der Waals surface area contributed by atoms with Crippen molar-refractivity contribution in [2.24, 2.45) is 0 Å². The zero-order chi connectivity index (χ0) is 25.5. The molecule has 0 N–H and O–H groups in total. The van der Waals surface area contributed by atoms with Gasteiger partial charge in [0.1, 0.15) is 13.2 Å². The zero-order valence-corrected chi connectivity index (χ0v) is 21.9. The van der Waals surface area contributed by atoms with E-state index in [9.17, 15) is 9.59 Å². The first-order valence-corrected chi connectivity index (χ1v) is 12.9. The third-order valence-corrected chi connectivity index (χ3v) is 7.49. The maximum absolute atomic E-state index is 13.7. The zero-order valence-electron chi connectivity index (χ0n) is 20.3. The van der Waals surface area contributed by atoms with E-state index in [2.05, 4.69) is 0 Å². The van der Waals surface area contributed by atoms with Gasteiger partial charge in [-0.2, -0.15) is 0 Å². The lowest BCUT2D eigenvalue weighted by Crippen LogP contribution is -2.48. The minimum atomic E-state index is -0.305. The van der Waals surface area contributed by atoms with Crippen LogP contribution in [0.1, 0.15) is 26.8 Å². The molecule has 1 atom stereocenters. The molecule has 1 unspecified atom stereocenters. The number of hydrogen-bond donors (Lipinski definition) is 0. The Balaban J connectivity index is 1.54. The van der Waals surface area contributed by atoms with Crippen molar-refractivity contribution in [2.75, 3.05) is 47.1 Å². The highest BCUT2D eigenvalue weighted by atomic mass is 35.5. The Labute approximate surface area is 220 Å². The molecule has 2 amide bonds. The molecule has 0 fully saturated rings. The lowest BCUT2D eigenvalue weighted by atomic mass is 10.0. The highest BCUT2D eigenvalue weighted by molar-refractivity contribution is 7.10. The third kappa shape index (κ3) is 5.83. The number of halogens is 1. The fourth-order valence-corrected chi connectivity index (χ4v) is 5.44. The molecule has 0 bridgehead atoms. The first kappa shape index (κ1) is 26.0. The van der Waals surface area contributed by atoms with Gasteiger partial charge in [-0.1, -0.05) is 35.9 Å². The molecule has 36 heavy (non-hydrogen) atoms. The minimum Gasteiger partial charge on any atom is -0.493 e. The topological polar surface area (TPSA) is 68.3 Å². The van der Waals surface area contributed by atoms with Gasteiger partial charge in [0.2, 0.25) is 5.91 Å². The molecule has 1 aliphatic rings. The fraction of sp³-hybridized carbons (Fsp3) is 0.333. The summed E-state index contributed by atoms with van der Waals surface area (Å²) in [5.41, 5.74) is 1.44. The third-order valence-electron chi connectivity index (χ3n) is 6.16. The number of nitrogens with zero attached hydrogens (tertiary/aromatic N) is 2. The van der Waals surface area contributed by atoms with Crippen LogP contribution in [0, 0.1) is 0 Å². The van der Waals surface area contributed by atoms with E-state index in [1.807, 2.05) is 40.6 Å². The van der Waals surface area contributed by atoms with Gasteiger partial charge in [0.05, 0.1) is 30.3 Å². The molecular weight excluding hydrogens is 500 g/mol. The number of amides is 2. The fourth-order valence-electron chi connectivity index (χ4n) is 4.29. The molecule has 3 aromatic rings. The van der Waals surface area contributed by atoms with Crippen molar-refractivity contribution in [3.63, 3.8) is 0 Å². The molecule has 0 spiro atoms. The van der Waals surface area contributed by atoms with Crippen LogP contribution in [-0.2, 0) is 16.0 Å². The first-order valence-electron chi connectivity index (χ1n) is 11.7. The number of carbonyl (C=O) groups excluding carboxylic acids is 2. The Hall–Kier alpha value is -3.07. The standard InChI is InChI=1S/C27H29ClN2O5S/c1-33-15-14-29(27(32)19-7-3-4-8-21(19)28)17-26(31)30-13-11-25-20(12-16-36-25)22(30)18-35-24-10-6-5-9-23(24)34-2/h3-10,12,16,22H,11,13-15,17-18H2,1-2H3. The second-order valence-electron chi connectivity index (χ2n) is 8.31. The summed E-state index contributed by atoms with van der Waals surface area (Å²) in [6.07, 6.45) is 0.764. The monoisotopic (exact) mass is 528 g/mol. The van der Waals surface area contributed by atoms with Gasteiger partial charge < -0.3 is 24.0 Å². The summed E-state index contributed by atoms with van der Waals surface area (Å²) in [5.74, 6) is 0.788. The molecule has 2 heterocycles. The van der Waals surface area contributed by atoms with E-state index in [-0.39, 0.29) is 37.6 Å². The quantitative estimate of drug-likeness (QED) is 0.381. The molecule has 0 radical (unpaired) electrons. The van der Waals surface area contributed by atoms with E-state index in [0.717, 1.165) is 12.0 Å². The summed E-state index contributed by atoms with van der Waals surface area (Å²) < 4.78 is 16.8. The van der Waals surface area contributed by atoms with Crippen LogP contribution in [0.4, 0.5) is 0 Å². The maximum Gasteiger partial charge on any atom is 0.255 e. The van der Waals surface area contributed by atoms with E-state index < -0.39 is 0 Å². The van der Waals surface area contributed by atoms with Gasteiger partial charge in [0.25, 0.3) is 5.91 Å². The molecule has 7 nitrogen and oxygen atoms in total. The second kappa shape index (κ2) is 12.3. The van der Waals surface area contributed by atoms with Gasteiger partial charge in [-0.05, 0) is 47.7 Å². The molecule has 190 valence electrons. The summed E-state index contributed by atoms with van der Waals surface area (Å²) in [4.78, 5) is 31.5. The van der Waals surface area contributed by atoms with Crippen molar-refractivity contribution in [1.82, 2.24) is 9.80 Å². The summed E-state index contributed by atoms with van der Waals surface area (Å²) in [6, 6.07) is 16.1. The Kier molecular flexibility index (Phi) is 8.85. The number of carbonyl (C=O) groups is 2. The molecule has 0 saturated heterocycles. The molecule has 2 aromatic carbocycles. The predicted molar refractivity (Wildman–Crippen MR) is 140 cm³/mol. The Morgan fingerprint density at radius 2 is 1.83 bits per heavy atom. The molecule has 9 heteroatoms. The number of methoxy groups -OCH3 is 2. The molecular formula is C27H29ClN2O5S. The van der Waals surface area contributed by atoms with Crippen LogP contribution in [-0.4, -0.2) is 68.7 Å². The number of ether oxygens (including phenoxy) is 3. The van der Waals surface area contributed by atoms with Crippen molar-refractivity contribution < 1.29 is 23.8 Å². The SMILES string of the molecule is COCCN(CC(=O)N1CCc2sccc2C1COc1ccccc1OC)C(=O)c1ccccc1Cl. The van der Waals surface area contributed by atoms with Gasteiger partial charge in [-0.3, -0.25) is 9.59 Å². The van der Waals surface area contributed by atoms with E-state index >= 15 is 0 Å². The summed E-state index contributed by atoms with van der Waals surface area (Å²) in [5, 5.41) is 2.39. The van der Waals surface area contributed by atoms with Crippen molar-refractivity contribution in [3.8, 4) is 11.5 Å². The molecule has 1 aromatic heterocycles. The molecule has 4 rings (SSSR count). The summed E-state index contributed by atoms with van der Waals surface area (Å²) in [6.45, 7) is 1.31. The molecule has 1 aliphatic heterocycles. The first-order chi connectivity index (χ1) is 17.5. The van der Waals surface area contributed by atoms with Crippen LogP contribution < -0.4 is 9.47 Å². The predicted octanol–water partition coefficient (Wildman–Crippen LogP) is 4.70. The minimum absolute atomic E-state index is 0.0853. The van der Waals surface area contributed by atoms with Crippen LogP contribution in [0.2, 0.25) is 5.02 Å². The summed E-state index contributed by atoms with van der Waals surface area (Å²) >= 11 is 7.96. The Bertz CT molecular complexity index is 1200. The highest BCUT2D eigenvalue weighted by Gasteiger charge is 2.34. The average molecular weight is 529 g/mol. The van der Waals surface area contributed by atoms with E-state index in [1.54, 1.807) is 49.8 Å². The highest BCUT2D eigenvalue weighted by Crippen LogP contribution is 2.35. The molecule has 0 saturated carbocycles. The number of rotatable bonds is 10. The van der Waals surface area contributed by atoms with Gasteiger partial charge in [0, 0.05) is 25.1 Å². The van der Waals surface area contributed by atoms with E-state index in [0.29, 0.717) is 35.2 Å². The summed E-state index contributed by atoms with van der Waals surface area (Å²) in [7, 11) is 3.16. The largest absolute Gasteiger partial charge is 0.493 e. The number of fused-ring (bicyclic) bond motifs is 1. The second-order valence-corrected chi connectivity index (χ2v) is 9.72. The van der Waals surface area contributed by atoms with E-state index in [4.69, 9.17) is 25.8 Å². The Morgan fingerprint density at radius 3 is 2.58 bits per heavy atom. The number of hydrogen-bond acceptors (Lipinski definition) is 6. The average Bonchev–Trinajstić information content (AvgIpc) is 3.39.